The van der Waals surface area contributed by atoms with Crippen molar-refractivity contribution in [3.05, 3.63) is 0 Å². The van der Waals surface area contributed by atoms with Crippen molar-refractivity contribution in [3.63, 3.8) is 0 Å². The first kappa shape index (κ1) is 13.5. The zero-order valence-electron chi connectivity index (χ0n) is 9.74. The van der Waals surface area contributed by atoms with Gasteiger partial charge in [0, 0.05) is 12.1 Å². The number of urea groups is 1. The summed E-state index contributed by atoms with van der Waals surface area (Å²) in [5.41, 5.74) is 5.03. The second-order valence-electron chi connectivity index (χ2n) is 4.29. The number of hydrogen-bond donors (Lipinski definition) is 3. The minimum Gasteiger partial charge on any atom is -0.409 e. The van der Waals surface area contributed by atoms with Crippen molar-refractivity contribution in [2.45, 2.75) is 33.2 Å². The maximum absolute atomic E-state index is 11.7. The van der Waals surface area contributed by atoms with E-state index >= 15 is 0 Å². The van der Waals surface area contributed by atoms with E-state index in [-0.39, 0.29) is 24.0 Å². The fourth-order valence-corrected chi connectivity index (χ4v) is 0.954. The first-order chi connectivity index (χ1) is 6.80. The predicted molar refractivity (Wildman–Crippen MR) is 58.9 cm³/mol. The van der Waals surface area contributed by atoms with Crippen LogP contribution in [0.25, 0.3) is 0 Å². The van der Waals surface area contributed by atoms with Gasteiger partial charge in [0.25, 0.3) is 0 Å². The van der Waals surface area contributed by atoms with Gasteiger partial charge >= 0.3 is 6.03 Å². The van der Waals surface area contributed by atoms with Crippen molar-refractivity contribution in [1.29, 1.82) is 0 Å². The standard InChI is InChI=1S/C9H20N4O2/c1-5-13(6-7(10)12-15)8(14)11-9(2,3)4/h15H,5-6H2,1-4H3,(H2,10,12)(H,11,14). The normalized spacial score (nSPS) is 12.4. The van der Waals surface area contributed by atoms with Crippen molar-refractivity contribution >= 4 is 11.9 Å². The van der Waals surface area contributed by atoms with E-state index in [0.717, 1.165) is 0 Å². The molecule has 0 aromatic carbocycles. The summed E-state index contributed by atoms with van der Waals surface area (Å²) < 4.78 is 0. The highest BCUT2D eigenvalue weighted by Gasteiger charge is 2.19. The van der Waals surface area contributed by atoms with Crippen LogP contribution >= 0.6 is 0 Å². The Labute approximate surface area is 90.1 Å². The lowest BCUT2D eigenvalue weighted by molar-refractivity contribution is 0.197. The zero-order chi connectivity index (χ0) is 12.1. The Hall–Kier alpha value is -1.46. The lowest BCUT2D eigenvalue weighted by atomic mass is 10.1. The Morgan fingerprint density at radius 2 is 2.07 bits per heavy atom. The monoisotopic (exact) mass is 216 g/mol. The molecule has 0 bridgehead atoms. The zero-order valence-corrected chi connectivity index (χ0v) is 9.74. The third-order valence-electron chi connectivity index (χ3n) is 1.63. The van der Waals surface area contributed by atoms with Crippen LogP contribution in [0.2, 0.25) is 0 Å². The first-order valence-electron chi connectivity index (χ1n) is 4.83. The largest absolute Gasteiger partial charge is 0.409 e. The molecular weight excluding hydrogens is 196 g/mol. The lowest BCUT2D eigenvalue weighted by Crippen LogP contribution is -2.50. The molecule has 0 aromatic rings. The van der Waals surface area contributed by atoms with E-state index in [1.54, 1.807) is 0 Å². The van der Waals surface area contributed by atoms with Crippen LogP contribution in [0, 0.1) is 0 Å². The number of amides is 2. The van der Waals surface area contributed by atoms with Crippen molar-refractivity contribution in [2.24, 2.45) is 10.9 Å². The number of rotatable bonds is 3. The van der Waals surface area contributed by atoms with Gasteiger partial charge in [0.05, 0.1) is 6.54 Å². The Morgan fingerprint density at radius 1 is 1.53 bits per heavy atom. The van der Waals surface area contributed by atoms with Crippen LogP contribution in [-0.2, 0) is 0 Å². The molecule has 0 atom stereocenters. The van der Waals surface area contributed by atoms with Gasteiger partial charge in [-0.05, 0) is 27.7 Å². The summed E-state index contributed by atoms with van der Waals surface area (Å²) in [5, 5.41) is 14.0. The van der Waals surface area contributed by atoms with Gasteiger partial charge in [-0.15, -0.1) is 0 Å². The van der Waals surface area contributed by atoms with Crippen LogP contribution in [0.5, 0.6) is 0 Å². The molecule has 0 spiro atoms. The topological polar surface area (TPSA) is 90.9 Å². The van der Waals surface area contributed by atoms with Crippen LogP contribution < -0.4 is 11.1 Å². The Kier molecular flexibility index (Phi) is 4.90. The Morgan fingerprint density at radius 3 is 2.40 bits per heavy atom. The molecule has 0 radical (unpaired) electrons. The second kappa shape index (κ2) is 5.43. The molecule has 0 unspecified atom stereocenters. The minimum atomic E-state index is -0.296. The molecule has 0 aliphatic rings. The quantitative estimate of drug-likeness (QED) is 0.279. The van der Waals surface area contributed by atoms with Gasteiger partial charge in [0.15, 0.2) is 5.84 Å². The maximum Gasteiger partial charge on any atom is 0.318 e. The third kappa shape index (κ3) is 5.77. The summed E-state index contributed by atoms with van der Waals surface area (Å²) in [6, 6.07) is -0.225. The average Bonchev–Trinajstić information content (AvgIpc) is 2.10. The maximum atomic E-state index is 11.7. The molecule has 0 saturated heterocycles. The highest BCUT2D eigenvalue weighted by Crippen LogP contribution is 2.00. The van der Waals surface area contributed by atoms with E-state index in [2.05, 4.69) is 10.5 Å². The number of nitrogens with zero attached hydrogens (tertiary/aromatic N) is 2. The van der Waals surface area contributed by atoms with E-state index in [0.29, 0.717) is 6.54 Å². The molecule has 0 heterocycles. The molecule has 88 valence electrons. The molecule has 0 saturated carbocycles. The molecular formula is C9H20N4O2. The molecule has 0 aromatic heterocycles. The van der Waals surface area contributed by atoms with Gasteiger partial charge in [0.1, 0.15) is 0 Å². The van der Waals surface area contributed by atoms with Crippen LogP contribution in [0.4, 0.5) is 4.79 Å². The van der Waals surface area contributed by atoms with E-state index in [1.807, 2.05) is 27.7 Å². The molecule has 0 fully saturated rings. The van der Waals surface area contributed by atoms with Crippen LogP contribution in [-0.4, -0.2) is 40.6 Å². The summed E-state index contributed by atoms with van der Waals surface area (Å²) in [5.74, 6) is 0.0147. The molecule has 15 heavy (non-hydrogen) atoms. The predicted octanol–water partition coefficient (Wildman–Crippen LogP) is 0.563. The summed E-state index contributed by atoms with van der Waals surface area (Å²) in [4.78, 5) is 13.1. The highest BCUT2D eigenvalue weighted by molar-refractivity contribution is 5.86. The van der Waals surface area contributed by atoms with Crippen molar-refractivity contribution in [3.8, 4) is 0 Å². The number of nitrogens with one attached hydrogen (secondary N) is 1. The summed E-state index contributed by atoms with van der Waals surface area (Å²) in [6.45, 7) is 8.12. The summed E-state index contributed by atoms with van der Waals surface area (Å²) in [7, 11) is 0. The number of hydrogen-bond acceptors (Lipinski definition) is 3. The van der Waals surface area contributed by atoms with E-state index in [1.165, 1.54) is 4.90 Å². The van der Waals surface area contributed by atoms with Crippen molar-refractivity contribution in [1.82, 2.24) is 10.2 Å². The van der Waals surface area contributed by atoms with Gasteiger partial charge in [0.2, 0.25) is 0 Å². The van der Waals surface area contributed by atoms with Crippen molar-refractivity contribution in [2.75, 3.05) is 13.1 Å². The van der Waals surface area contributed by atoms with Gasteiger partial charge in [-0.25, -0.2) is 4.79 Å². The number of nitrogens with two attached hydrogens (primary N) is 1. The van der Waals surface area contributed by atoms with Gasteiger partial charge in [-0.2, -0.15) is 0 Å². The van der Waals surface area contributed by atoms with E-state index in [9.17, 15) is 4.79 Å². The number of carbonyl (C=O) groups is 1. The van der Waals surface area contributed by atoms with Gasteiger partial charge < -0.3 is 21.2 Å². The summed E-state index contributed by atoms with van der Waals surface area (Å²) in [6.07, 6.45) is 0. The molecule has 6 nitrogen and oxygen atoms in total. The molecule has 0 aliphatic carbocycles. The minimum absolute atomic E-state index is 0.0147. The summed E-state index contributed by atoms with van der Waals surface area (Å²) >= 11 is 0. The molecule has 2 amide bonds. The van der Waals surface area contributed by atoms with Crippen LogP contribution in [0.15, 0.2) is 5.16 Å². The van der Waals surface area contributed by atoms with Crippen molar-refractivity contribution < 1.29 is 10.0 Å². The fourth-order valence-electron chi connectivity index (χ4n) is 0.954. The smallest absolute Gasteiger partial charge is 0.318 e. The fraction of sp³-hybridized carbons (Fsp3) is 0.778. The lowest BCUT2D eigenvalue weighted by Gasteiger charge is -2.27. The molecule has 0 rings (SSSR count). The van der Waals surface area contributed by atoms with Gasteiger partial charge in [-0.3, -0.25) is 0 Å². The third-order valence-corrected chi connectivity index (χ3v) is 1.63. The van der Waals surface area contributed by atoms with E-state index < -0.39 is 0 Å². The Balaban J connectivity index is 4.36. The molecule has 0 aliphatic heterocycles. The highest BCUT2D eigenvalue weighted by atomic mass is 16.4. The average molecular weight is 216 g/mol. The number of carbonyl (C=O) groups excluding carboxylic acids is 1. The SMILES string of the molecule is CCN(CC(N)=NO)C(=O)NC(C)(C)C. The molecule has 4 N–H and O–H groups in total. The van der Waals surface area contributed by atoms with Crippen LogP contribution in [0.3, 0.4) is 0 Å². The first-order valence-corrected chi connectivity index (χ1v) is 4.83. The van der Waals surface area contributed by atoms with Crippen LogP contribution in [0.1, 0.15) is 27.7 Å². The Bertz CT molecular complexity index is 245. The number of amidine groups is 1. The second-order valence-corrected chi connectivity index (χ2v) is 4.29. The number of oxime groups is 1. The molecule has 6 heteroatoms. The van der Waals surface area contributed by atoms with Gasteiger partial charge in [-0.1, -0.05) is 5.16 Å². The van der Waals surface area contributed by atoms with E-state index in [4.69, 9.17) is 10.9 Å². The number of likely N-dealkylation sites (N-methyl/N-ethyl adjacent to an activating group) is 1.